The highest BCUT2D eigenvalue weighted by atomic mass is 35.5. The van der Waals surface area contributed by atoms with Crippen LogP contribution < -0.4 is 0 Å². The van der Waals surface area contributed by atoms with Crippen molar-refractivity contribution in [3.63, 3.8) is 0 Å². The Labute approximate surface area is 123 Å². The molecule has 1 aromatic carbocycles. The standard InChI is InChI=1S/C14H18ClNO2S/c1-9-7-16(8-10(2)18-9)14(17)12-6-11(19-3)4-5-13(12)15/h4-6,9-10H,7-8H2,1-3H3/t9-,10-/m1/s1. The maximum Gasteiger partial charge on any atom is 0.255 e. The van der Waals surface area contributed by atoms with Crippen molar-refractivity contribution in [3.05, 3.63) is 28.8 Å². The van der Waals surface area contributed by atoms with Crippen molar-refractivity contribution in [1.29, 1.82) is 0 Å². The van der Waals surface area contributed by atoms with Gasteiger partial charge in [-0.2, -0.15) is 0 Å². The lowest BCUT2D eigenvalue weighted by molar-refractivity contribution is -0.0586. The first-order chi connectivity index (χ1) is 9.01. The number of rotatable bonds is 2. The van der Waals surface area contributed by atoms with Crippen molar-refractivity contribution in [1.82, 2.24) is 4.90 Å². The maximum absolute atomic E-state index is 12.6. The Hall–Kier alpha value is -0.710. The quantitative estimate of drug-likeness (QED) is 0.785. The molecule has 1 aromatic rings. The fourth-order valence-corrected chi connectivity index (χ4v) is 2.95. The number of benzene rings is 1. The normalized spacial score (nSPS) is 23.5. The lowest BCUT2D eigenvalue weighted by atomic mass is 10.1. The van der Waals surface area contributed by atoms with Crippen molar-refractivity contribution in [2.45, 2.75) is 31.0 Å². The van der Waals surface area contributed by atoms with Crippen LogP contribution in [-0.2, 0) is 4.74 Å². The summed E-state index contributed by atoms with van der Waals surface area (Å²) in [6.45, 7) is 5.19. The molecule has 2 atom stereocenters. The third kappa shape index (κ3) is 3.44. The van der Waals surface area contributed by atoms with Crippen LogP contribution in [0.5, 0.6) is 0 Å². The number of hydrogen-bond donors (Lipinski definition) is 0. The first-order valence-electron chi connectivity index (χ1n) is 6.29. The van der Waals surface area contributed by atoms with E-state index in [1.165, 1.54) is 0 Å². The molecule has 0 radical (unpaired) electrons. The molecule has 1 aliphatic heterocycles. The van der Waals surface area contributed by atoms with E-state index in [-0.39, 0.29) is 18.1 Å². The minimum absolute atomic E-state index is 0.0112. The zero-order chi connectivity index (χ0) is 14.0. The summed E-state index contributed by atoms with van der Waals surface area (Å²) in [5.41, 5.74) is 0.579. The van der Waals surface area contributed by atoms with Gasteiger partial charge in [0, 0.05) is 18.0 Å². The van der Waals surface area contributed by atoms with Crippen molar-refractivity contribution in [2.24, 2.45) is 0 Å². The average Bonchev–Trinajstić information content (AvgIpc) is 2.37. The van der Waals surface area contributed by atoms with E-state index in [0.29, 0.717) is 23.7 Å². The molecule has 1 heterocycles. The number of carbonyl (C=O) groups excluding carboxylic acids is 1. The summed E-state index contributed by atoms with van der Waals surface area (Å²) in [4.78, 5) is 15.4. The summed E-state index contributed by atoms with van der Waals surface area (Å²) in [7, 11) is 0. The molecule has 0 spiro atoms. The van der Waals surface area contributed by atoms with E-state index in [0.717, 1.165) is 4.90 Å². The third-order valence-corrected chi connectivity index (χ3v) is 4.17. The molecule has 0 saturated carbocycles. The van der Waals surface area contributed by atoms with Crippen LogP contribution in [0, 0.1) is 0 Å². The van der Waals surface area contributed by atoms with Gasteiger partial charge < -0.3 is 9.64 Å². The van der Waals surface area contributed by atoms with E-state index >= 15 is 0 Å². The van der Waals surface area contributed by atoms with Gasteiger partial charge in [-0.15, -0.1) is 11.8 Å². The van der Waals surface area contributed by atoms with Crippen LogP contribution in [0.2, 0.25) is 5.02 Å². The van der Waals surface area contributed by atoms with Gasteiger partial charge in [0.2, 0.25) is 0 Å². The van der Waals surface area contributed by atoms with Crippen molar-refractivity contribution in [3.8, 4) is 0 Å². The summed E-state index contributed by atoms with van der Waals surface area (Å²) in [6, 6.07) is 5.57. The molecule has 0 aliphatic carbocycles. The first-order valence-corrected chi connectivity index (χ1v) is 7.89. The molecule has 1 fully saturated rings. The van der Waals surface area contributed by atoms with Gasteiger partial charge in [-0.3, -0.25) is 4.79 Å². The number of ether oxygens (including phenoxy) is 1. The van der Waals surface area contributed by atoms with Gasteiger partial charge >= 0.3 is 0 Å². The van der Waals surface area contributed by atoms with Crippen LogP contribution in [0.1, 0.15) is 24.2 Å². The van der Waals surface area contributed by atoms with Crippen LogP contribution in [0.15, 0.2) is 23.1 Å². The molecule has 0 unspecified atom stereocenters. The Kier molecular flexibility index (Phi) is 4.76. The van der Waals surface area contributed by atoms with Gasteiger partial charge in [0.05, 0.1) is 22.8 Å². The second-order valence-corrected chi connectivity index (χ2v) is 6.10. The van der Waals surface area contributed by atoms with E-state index in [1.807, 2.05) is 37.1 Å². The summed E-state index contributed by atoms with van der Waals surface area (Å²) in [5, 5.41) is 0.509. The Bertz CT molecular complexity index is 471. The van der Waals surface area contributed by atoms with E-state index in [1.54, 1.807) is 17.8 Å². The highest BCUT2D eigenvalue weighted by Crippen LogP contribution is 2.25. The molecule has 1 amide bonds. The molecule has 0 aromatic heterocycles. The fraction of sp³-hybridized carbons (Fsp3) is 0.500. The van der Waals surface area contributed by atoms with Gasteiger partial charge in [-0.1, -0.05) is 11.6 Å². The van der Waals surface area contributed by atoms with Crippen LogP contribution in [0.3, 0.4) is 0 Å². The highest BCUT2D eigenvalue weighted by Gasteiger charge is 2.27. The average molecular weight is 300 g/mol. The second kappa shape index (κ2) is 6.16. The highest BCUT2D eigenvalue weighted by molar-refractivity contribution is 7.98. The Morgan fingerprint density at radius 3 is 2.58 bits per heavy atom. The molecule has 5 heteroatoms. The van der Waals surface area contributed by atoms with Crippen LogP contribution >= 0.6 is 23.4 Å². The fourth-order valence-electron chi connectivity index (χ4n) is 2.31. The summed E-state index contributed by atoms with van der Waals surface area (Å²) in [6.07, 6.45) is 2.11. The Morgan fingerprint density at radius 2 is 2.00 bits per heavy atom. The van der Waals surface area contributed by atoms with Gasteiger partial charge in [0.1, 0.15) is 0 Å². The zero-order valence-electron chi connectivity index (χ0n) is 11.4. The summed E-state index contributed by atoms with van der Waals surface area (Å²) >= 11 is 7.75. The molecule has 3 nitrogen and oxygen atoms in total. The van der Waals surface area contributed by atoms with Gasteiger partial charge in [0.25, 0.3) is 5.91 Å². The Balaban J connectivity index is 2.23. The molecule has 0 bridgehead atoms. The molecule has 1 aliphatic rings. The predicted octanol–water partition coefficient (Wildman–Crippen LogP) is 3.31. The van der Waals surface area contributed by atoms with E-state index in [4.69, 9.17) is 16.3 Å². The number of thioether (sulfide) groups is 1. The third-order valence-electron chi connectivity index (χ3n) is 3.11. The Morgan fingerprint density at radius 1 is 1.37 bits per heavy atom. The number of hydrogen-bond acceptors (Lipinski definition) is 3. The molecule has 1 saturated heterocycles. The topological polar surface area (TPSA) is 29.5 Å². The SMILES string of the molecule is CSc1ccc(Cl)c(C(=O)N2C[C@@H](C)O[C@H](C)C2)c1. The largest absolute Gasteiger partial charge is 0.372 e. The number of nitrogens with zero attached hydrogens (tertiary/aromatic N) is 1. The number of morpholine rings is 1. The lowest BCUT2D eigenvalue weighted by Crippen LogP contribution is -2.48. The molecular weight excluding hydrogens is 282 g/mol. The second-order valence-electron chi connectivity index (χ2n) is 4.81. The van der Waals surface area contributed by atoms with Crippen LogP contribution in [-0.4, -0.2) is 42.4 Å². The number of halogens is 1. The maximum atomic E-state index is 12.6. The number of amides is 1. The van der Waals surface area contributed by atoms with Crippen LogP contribution in [0.25, 0.3) is 0 Å². The molecule has 0 N–H and O–H groups in total. The monoisotopic (exact) mass is 299 g/mol. The van der Waals surface area contributed by atoms with Crippen molar-refractivity contribution < 1.29 is 9.53 Å². The summed E-state index contributed by atoms with van der Waals surface area (Å²) in [5.74, 6) is -0.0112. The minimum Gasteiger partial charge on any atom is -0.372 e. The van der Waals surface area contributed by atoms with E-state index in [2.05, 4.69) is 0 Å². The molecular formula is C14H18ClNO2S. The van der Waals surface area contributed by atoms with Crippen molar-refractivity contribution in [2.75, 3.05) is 19.3 Å². The van der Waals surface area contributed by atoms with Gasteiger partial charge in [-0.05, 0) is 38.3 Å². The van der Waals surface area contributed by atoms with Gasteiger partial charge in [-0.25, -0.2) is 0 Å². The molecule has 2 rings (SSSR count). The predicted molar refractivity (Wildman–Crippen MR) is 79.1 cm³/mol. The van der Waals surface area contributed by atoms with Crippen LogP contribution in [0.4, 0.5) is 0 Å². The zero-order valence-corrected chi connectivity index (χ0v) is 12.9. The number of carbonyl (C=O) groups is 1. The van der Waals surface area contributed by atoms with Crippen molar-refractivity contribution >= 4 is 29.3 Å². The summed E-state index contributed by atoms with van der Waals surface area (Å²) < 4.78 is 5.65. The molecule has 19 heavy (non-hydrogen) atoms. The smallest absolute Gasteiger partial charge is 0.255 e. The van der Waals surface area contributed by atoms with E-state index in [9.17, 15) is 4.79 Å². The van der Waals surface area contributed by atoms with Gasteiger partial charge in [0.15, 0.2) is 0 Å². The minimum atomic E-state index is -0.0112. The molecule has 104 valence electrons. The lowest BCUT2D eigenvalue weighted by Gasteiger charge is -2.35. The first kappa shape index (κ1) is 14.7. The van der Waals surface area contributed by atoms with E-state index < -0.39 is 0 Å².